The molecule has 0 aliphatic heterocycles. The molecule has 2 heterocycles. The summed E-state index contributed by atoms with van der Waals surface area (Å²) in [7, 11) is 0. The van der Waals surface area contributed by atoms with Crippen molar-refractivity contribution < 1.29 is 34.4 Å². The van der Waals surface area contributed by atoms with Crippen LogP contribution in [-0.4, -0.2) is 15.9 Å². The third-order valence-electron chi connectivity index (χ3n) is 11.4. The molecule has 50 heavy (non-hydrogen) atoms. The maximum Gasteiger partial charge on any atom is 0.162 e. The van der Waals surface area contributed by atoms with Crippen LogP contribution in [0.25, 0.3) is 44.0 Å². The summed E-state index contributed by atoms with van der Waals surface area (Å²) in [5.41, 5.74) is 7.90. The van der Waals surface area contributed by atoms with Crippen LogP contribution in [-0.2, 0) is 24.9 Å². The number of hydrogen-bond donors (Lipinski definition) is 1. The Balaban J connectivity index is 0.000000261. The first-order valence-corrected chi connectivity index (χ1v) is 19.1. The van der Waals surface area contributed by atoms with Crippen LogP contribution < -0.4 is 0 Å². The number of carbonyl (C=O) groups excluding carboxylic acids is 1. The molecule has 2 aromatic heterocycles. The van der Waals surface area contributed by atoms with Gasteiger partial charge in [0.25, 0.3) is 0 Å². The van der Waals surface area contributed by atoms with E-state index in [-0.39, 0.29) is 43.5 Å². The van der Waals surface area contributed by atoms with Gasteiger partial charge in [-0.3, -0.25) is 4.79 Å². The fraction of sp³-hybridized carbons (Fsp3) is 0.467. The van der Waals surface area contributed by atoms with Crippen molar-refractivity contribution in [2.24, 2.45) is 11.8 Å². The van der Waals surface area contributed by atoms with Gasteiger partial charge in [-0.05, 0) is 96.9 Å². The molecule has 1 radical (unpaired) electrons. The minimum absolute atomic E-state index is 0. The number of aromatic nitrogens is 1. The van der Waals surface area contributed by atoms with Gasteiger partial charge in [-0.2, -0.15) is 0 Å². The number of nitrogens with zero attached hydrogens (tertiary/aromatic N) is 1. The van der Waals surface area contributed by atoms with Gasteiger partial charge in [-0.15, -0.1) is 17.7 Å². The number of carbonyl (C=O) groups is 1. The number of pyridine rings is 1. The number of aryl methyl sites for hydroxylation is 1. The van der Waals surface area contributed by atoms with Crippen LogP contribution in [0.4, 0.5) is 0 Å². The SMILES string of the molecule is CCC(CC)C(=O)/C=C(\O)C(CC)CC.Cc1[c-]c(-c2ncc(C3CCCC3)c3cc(C4CCCC4)ccc23)c2oc3ccccc3c2c1.[Ir]. The van der Waals surface area contributed by atoms with Crippen LogP contribution in [0.5, 0.6) is 0 Å². The average molecular weight is 849 g/mol. The van der Waals surface area contributed by atoms with Crippen LogP contribution in [0.15, 0.2) is 71.0 Å². The molecule has 267 valence electrons. The summed E-state index contributed by atoms with van der Waals surface area (Å²) in [6.07, 6.45) is 17.7. The summed E-state index contributed by atoms with van der Waals surface area (Å²) in [6.45, 7) is 10.2. The van der Waals surface area contributed by atoms with E-state index in [9.17, 15) is 9.90 Å². The summed E-state index contributed by atoms with van der Waals surface area (Å²) in [6, 6.07) is 21.4. The summed E-state index contributed by atoms with van der Waals surface area (Å²) < 4.78 is 6.41. The Morgan fingerprint density at radius 2 is 1.48 bits per heavy atom. The molecule has 2 aliphatic rings. The van der Waals surface area contributed by atoms with E-state index < -0.39 is 0 Å². The van der Waals surface area contributed by atoms with Crippen LogP contribution in [0.3, 0.4) is 0 Å². The van der Waals surface area contributed by atoms with Gasteiger partial charge in [0.1, 0.15) is 5.58 Å². The zero-order valence-corrected chi connectivity index (χ0v) is 33.0. The number of rotatable bonds is 10. The van der Waals surface area contributed by atoms with Crippen LogP contribution in [0.2, 0.25) is 0 Å². The van der Waals surface area contributed by atoms with Crippen LogP contribution in [0.1, 0.15) is 133 Å². The monoisotopic (exact) mass is 849 g/mol. The summed E-state index contributed by atoms with van der Waals surface area (Å²) in [5, 5.41) is 14.7. The topological polar surface area (TPSA) is 63.3 Å². The molecule has 0 unspecified atom stereocenters. The van der Waals surface area contributed by atoms with Gasteiger partial charge in [0, 0.05) is 49.6 Å². The van der Waals surface area contributed by atoms with Crippen molar-refractivity contribution in [1.82, 2.24) is 4.98 Å². The fourth-order valence-corrected chi connectivity index (χ4v) is 8.40. The Bertz CT molecular complexity index is 1940. The van der Waals surface area contributed by atoms with Crippen molar-refractivity contribution >= 4 is 38.5 Å². The zero-order valence-electron chi connectivity index (χ0n) is 30.6. The molecule has 0 amide bonds. The van der Waals surface area contributed by atoms with E-state index in [2.05, 4.69) is 61.7 Å². The van der Waals surface area contributed by atoms with Gasteiger partial charge in [0.2, 0.25) is 0 Å². The maximum absolute atomic E-state index is 11.7. The van der Waals surface area contributed by atoms with E-state index in [0.717, 1.165) is 64.4 Å². The molecule has 3 aromatic carbocycles. The van der Waals surface area contributed by atoms with Gasteiger partial charge < -0.3 is 14.5 Å². The number of allylic oxidation sites excluding steroid dienone is 2. The van der Waals surface area contributed by atoms with E-state index in [0.29, 0.717) is 11.8 Å². The number of furan rings is 1. The zero-order chi connectivity index (χ0) is 34.5. The molecule has 5 aromatic rings. The fourth-order valence-electron chi connectivity index (χ4n) is 8.40. The van der Waals surface area contributed by atoms with Crippen LogP contribution >= 0.6 is 0 Å². The molecule has 0 bridgehead atoms. The molecule has 2 aliphatic carbocycles. The van der Waals surface area contributed by atoms with Gasteiger partial charge in [-0.1, -0.05) is 108 Å². The number of fused-ring (bicyclic) bond motifs is 4. The van der Waals surface area contributed by atoms with Crippen molar-refractivity contribution in [3.05, 3.63) is 89.3 Å². The quantitative estimate of drug-likeness (QED) is 0.0864. The molecule has 2 saturated carbocycles. The largest absolute Gasteiger partial charge is 0.512 e. The average Bonchev–Trinajstić information content (AvgIpc) is 3.91. The van der Waals surface area contributed by atoms with Crippen molar-refractivity contribution in [3.8, 4) is 11.3 Å². The molecular formula is C45H54IrNO3-. The number of benzene rings is 3. The molecule has 7 rings (SSSR count). The van der Waals surface area contributed by atoms with E-state index >= 15 is 0 Å². The number of ketones is 1. The smallest absolute Gasteiger partial charge is 0.162 e. The maximum atomic E-state index is 11.7. The molecule has 0 saturated heterocycles. The second-order valence-electron chi connectivity index (χ2n) is 14.5. The molecule has 5 heteroatoms. The van der Waals surface area contributed by atoms with E-state index in [1.807, 2.05) is 33.8 Å². The van der Waals surface area contributed by atoms with Gasteiger partial charge in [0.15, 0.2) is 5.78 Å². The Morgan fingerprint density at radius 1 is 0.840 bits per heavy atom. The van der Waals surface area contributed by atoms with Crippen molar-refractivity contribution in [2.45, 2.75) is 124 Å². The van der Waals surface area contributed by atoms with E-state index in [1.54, 1.807) is 0 Å². The molecule has 4 nitrogen and oxygen atoms in total. The second kappa shape index (κ2) is 17.3. The Morgan fingerprint density at radius 3 is 2.14 bits per heavy atom. The Hall–Kier alpha value is -3.27. The minimum Gasteiger partial charge on any atom is -0.512 e. The minimum atomic E-state index is 0. The van der Waals surface area contributed by atoms with Crippen LogP contribution in [0, 0.1) is 24.8 Å². The third kappa shape index (κ3) is 7.95. The predicted octanol–water partition coefficient (Wildman–Crippen LogP) is 13.1. The normalized spacial score (nSPS) is 15.7. The number of para-hydroxylation sites is 1. The summed E-state index contributed by atoms with van der Waals surface area (Å²) >= 11 is 0. The summed E-state index contributed by atoms with van der Waals surface area (Å²) in [4.78, 5) is 16.8. The molecule has 1 N–H and O–H groups in total. The van der Waals surface area contributed by atoms with Gasteiger partial charge in [0.05, 0.1) is 11.3 Å². The summed E-state index contributed by atoms with van der Waals surface area (Å²) in [5.74, 6) is 1.90. The van der Waals surface area contributed by atoms with E-state index in [4.69, 9.17) is 9.40 Å². The first-order chi connectivity index (χ1) is 23.9. The predicted molar refractivity (Wildman–Crippen MR) is 204 cm³/mol. The Labute approximate surface area is 312 Å². The molecule has 2 fully saturated rings. The van der Waals surface area contributed by atoms with E-state index in [1.165, 1.54) is 79.3 Å². The number of aliphatic hydroxyl groups is 1. The Kier molecular flexibility index (Phi) is 13.1. The number of hydrogen-bond acceptors (Lipinski definition) is 4. The molecular weight excluding hydrogens is 795 g/mol. The first-order valence-electron chi connectivity index (χ1n) is 19.1. The first kappa shape index (κ1) is 38.0. The van der Waals surface area contributed by atoms with Gasteiger partial charge >= 0.3 is 0 Å². The molecule has 0 spiro atoms. The van der Waals surface area contributed by atoms with Crippen molar-refractivity contribution in [1.29, 1.82) is 0 Å². The number of aliphatic hydroxyl groups excluding tert-OH is 1. The van der Waals surface area contributed by atoms with Crippen molar-refractivity contribution in [3.63, 3.8) is 0 Å². The van der Waals surface area contributed by atoms with Gasteiger partial charge in [-0.25, -0.2) is 0 Å². The second-order valence-corrected chi connectivity index (χ2v) is 14.5. The standard InChI is InChI=1S/C32H30NO.C13H24O2.Ir/c1-20-16-27-24-12-6-7-13-30(24)34-32(27)28(17-20)31-25-15-14-23(21-8-2-3-9-21)18-26(25)29(19-33-31)22-10-4-5-11-22;1-5-10(6-2)12(14)9-13(15)11(7-3)8-4;/h6-7,12-16,18-19,21-22H,2-5,8-11H2,1H3;9-11,14H,5-8H2,1-4H3;/q-1;;/b;12-9-;. The third-order valence-corrected chi connectivity index (χ3v) is 11.4. The molecule has 0 atom stereocenters. The van der Waals surface area contributed by atoms with Crippen molar-refractivity contribution in [2.75, 3.05) is 0 Å².